The SMILES string of the molecule is CCNC(=NCc1ccc(Cn2ccnc2)cc1)NCc1ccc(OC)cc1OC.I. The van der Waals surface area contributed by atoms with E-state index >= 15 is 0 Å². The molecule has 0 aliphatic heterocycles. The average molecular weight is 535 g/mol. The number of nitrogens with zero attached hydrogens (tertiary/aromatic N) is 3. The minimum absolute atomic E-state index is 0. The summed E-state index contributed by atoms with van der Waals surface area (Å²) in [6, 6.07) is 14.3. The third kappa shape index (κ3) is 7.46. The Morgan fingerprint density at radius 2 is 1.81 bits per heavy atom. The van der Waals surface area contributed by atoms with Crippen molar-refractivity contribution in [1.29, 1.82) is 0 Å². The standard InChI is InChI=1S/C23H29N5O2.HI/c1-4-25-23(27-15-20-9-10-21(29-2)13-22(20)30-3)26-14-18-5-7-19(8-6-18)16-28-12-11-24-17-28;/h5-13,17H,4,14-16H2,1-3H3,(H2,25,26,27);1H. The van der Waals surface area contributed by atoms with E-state index in [-0.39, 0.29) is 24.0 Å². The van der Waals surface area contributed by atoms with E-state index in [2.05, 4.69) is 46.8 Å². The second-order valence-corrected chi connectivity index (χ2v) is 6.78. The van der Waals surface area contributed by atoms with Crippen LogP contribution in [0.4, 0.5) is 0 Å². The van der Waals surface area contributed by atoms with Crippen molar-refractivity contribution in [3.05, 3.63) is 77.9 Å². The number of methoxy groups -OCH3 is 2. The summed E-state index contributed by atoms with van der Waals surface area (Å²) in [6.45, 7) is 4.85. The van der Waals surface area contributed by atoms with Gasteiger partial charge < -0.3 is 24.7 Å². The number of hydrogen-bond acceptors (Lipinski definition) is 4. The lowest BCUT2D eigenvalue weighted by molar-refractivity contribution is 0.390. The first-order valence-corrected chi connectivity index (χ1v) is 9.98. The van der Waals surface area contributed by atoms with Crippen LogP contribution < -0.4 is 20.1 Å². The van der Waals surface area contributed by atoms with Gasteiger partial charge in [0.05, 0.1) is 27.1 Å². The predicted molar refractivity (Wildman–Crippen MR) is 134 cm³/mol. The summed E-state index contributed by atoms with van der Waals surface area (Å²) in [4.78, 5) is 8.79. The molecular formula is C23H30IN5O2. The molecule has 2 aromatic carbocycles. The molecule has 0 spiro atoms. The Morgan fingerprint density at radius 1 is 1.03 bits per heavy atom. The van der Waals surface area contributed by atoms with Gasteiger partial charge in [-0.2, -0.15) is 0 Å². The molecule has 0 fully saturated rings. The molecule has 8 heteroatoms. The fourth-order valence-electron chi connectivity index (χ4n) is 3.03. The molecule has 0 atom stereocenters. The maximum atomic E-state index is 5.47. The normalized spacial score (nSPS) is 10.9. The van der Waals surface area contributed by atoms with Gasteiger partial charge in [0.25, 0.3) is 0 Å². The second-order valence-electron chi connectivity index (χ2n) is 6.78. The number of halogens is 1. The third-order valence-electron chi connectivity index (χ3n) is 4.65. The molecule has 2 N–H and O–H groups in total. The van der Waals surface area contributed by atoms with E-state index in [1.54, 1.807) is 20.4 Å². The summed E-state index contributed by atoms with van der Waals surface area (Å²) in [5, 5.41) is 6.66. The highest BCUT2D eigenvalue weighted by Gasteiger charge is 2.06. The van der Waals surface area contributed by atoms with Crippen molar-refractivity contribution in [2.75, 3.05) is 20.8 Å². The molecule has 0 saturated carbocycles. The summed E-state index contributed by atoms with van der Waals surface area (Å²) in [5.74, 6) is 2.32. The summed E-state index contributed by atoms with van der Waals surface area (Å²) in [6.07, 6.45) is 5.58. The molecule has 166 valence electrons. The highest BCUT2D eigenvalue weighted by atomic mass is 127. The highest BCUT2D eigenvalue weighted by Crippen LogP contribution is 2.24. The van der Waals surface area contributed by atoms with Crippen LogP contribution in [-0.4, -0.2) is 36.3 Å². The van der Waals surface area contributed by atoms with Gasteiger partial charge in [-0.25, -0.2) is 9.98 Å². The summed E-state index contributed by atoms with van der Waals surface area (Å²) in [7, 11) is 3.31. The van der Waals surface area contributed by atoms with Crippen molar-refractivity contribution < 1.29 is 9.47 Å². The Labute approximate surface area is 200 Å². The number of aliphatic imine (C=N–C) groups is 1. The monoisotopic (exact) mass is 535 g/mol. The second kappa shape index (κ2) is 12.8. The first-order valence-electron chi connectivity index (χ1n) is 9.98. The lowest BCUT2D eigenvalue weighted by atomic mass is 10.1. The van der Waals surface area contributed by atoms with Gasteiger partial charge in [-0.15, -0.1) is 24.0 Å². The van der Waals surface area contributed by atoms with E-state index in [1.807, 2.05) is 35.3 Å². The molecule has 0 aliphatic rings. The number of rotatable bonds is 9. The van der Waals surface area contributed by atoms with Crippen LogP contribution in [0.15, 0.2) is 66.2 Å². The number of guanidine groups is 1. The molecule has 0 radical (unpaired) electrons. The van der Waals surface area contributed by atoms with Crippen LogP contribution >= 0.6 is 24.0 Å². The zero-order valence-corrected chi connectivity index (χ0v) is 20.5. The minimum atomic E-state index is 0. The predicted octanol–water partition coefficient (Wildman–Crippen LogP) is 3.82. The quantitative estimate of drug-likeness (QED) is 0.248. The van der Waals surface area contributed by atoms with Crippen LogP contribution in [0.3, 0.4) is 0 Å². The highest BCUT2D eigenvalue weighted by molar-refractivity contribution is 14.0. The molecule has 0 aliphatic carbocycles. The number of imidazole rings is 1. The van der Waals surface area contributed by atoms with Gasteiger partial charge in [-0.1, -0.05) is 24.3 Å². The lowest BCUT2D eigenvalue weighted by Crippen LogP contribution is -2.36. The van der Waals surface area contributed by atoms with E-state index in [0.717, 1.165) is 41.7 Å². The van der Waals surface area contributed by atoms with E-state index in [1.165, 1.54) is 5.56 Å². The molecule has 31 heavy (non-hydrogen) atoms. The van der Waals surface area contributed by atoms with Crippen molar-refractivity contribution in [1.82, 2.24) is 20.2 Å². The molecule has 7 nitrogen and oxygen atoms in total. The van der Waals surface area contributed by atoms with Crippen LogP contribution in [0, 0.1) is 0 Å². The van der Waals surface area contributed by atoms with Crippen LogP contribution in [0.2, 0.25) is 0 Å². The molecule has 0 amide bonds. The molecule has 0 bridgehead atoms. The fourth-order valence-corrected chi connectivity index (χ4v) is 3.03. The zero-order valence-electron chi connectivity index (χ0n) is 18.2. The number of hydrogen-bond donors (Lipinski definition) is 2. The summed E-state index contributed by atoms with van der Waals surface area (Å²) >= 11 is 0. The molecule has 1 heterocycles. The first kappa shape index (κ1) is 24.5. The Morgan fingerprint density at radius 3 is 2.45 bits per heavy atom. The van der Waals surface area contributed by atoms with Gasteiger partial charge in [-0.05, 0) is 30.2 Å². The number of nitrogens with one attached hydrogen (secondary N) is 2. The average Bonchev–Trinajstić information content (AvgIpc) is 3.29. The molecule has 0 saturated heterocycles. The van der Waals surface area contributed by atoms with Gasteiger partial charge in [-0.3, -0.25) is 0 Å². The van der Waals surface area contributed by atoms with Crippen molar-refractivity contribution in [3.8, 4) is 11.5 Å². The molecule has 1 aromatic heterocycles. The molecular weight excluding hydrogens is 505 g/mol. The lowest BCUT2D eigenvalue weighted by Gasteiger charge is -2.14. The van der Waals surface area contributed by atoms with Gasteiger partial charge in [0.15, 0.2) is 5.96 Å². The van der Waals surface area contributed by atoms with Gasteiger partial charge in [0, 0.05) is 43.7 Å². The largest absolute Gasteiger partial charge is 0.497 e. The number of benzene rings is 2. The van der Waals surface area contributed by atoms with Gasteiger partial charge in [0.1, 0.15) is 11.5 Å². The minimum Gasteiger partial charge on any atom is -0.497 e. The van der Waals surface area contributed by atoms with Crippen molar-refractivity contribution in [2.45, 2.75) is 26.6 Å². The van der Waals surface area contributed by atoms with Crippen molar-refractivity contribution in [2.24, 2.45) is 4.99 Å². The van der Waals surface area contributed by atoms with E-state index in [0.29, 0.717) is 13.1 Å². The topological polar surface area (TPSA) is 72.7 Å². The van der Waals surface area contributed by atoms with E-state index < -0.39 is 0 Å². The smallest absolute Gasteiger partial charge is 0.191 e. The summed E-state index contributed by atoms with van der Waals surface area (Å²) < 4.78 is 12.8. The van der Waals surface area contributed by atoms with E-state index in [4.69, 9.17) is 14.5 Å². The van der Waals surface area contributed by atoms with Crippen LogP contribution in [0.25, 0.3) is 0 Å². The molecule has 3 rings (SSSR count). The Balaban J connectivity index is 0.00000341. The third-order valence-corrected chi connectivity index (χ3v) is 4.65. The number of aromatic nitrogens is 2. The Bertz CT molecular complexity index is 943. The number of ether oxygens (including phenoxy) is 2. The van der Waals surface area contributed by atoms with Gasteiger partial charge >= 0.3 is 0 Å². The Hall–Kier alpha value is -2.75. The first-order chi connectivity index (χ1) is 14.7. The van der Waals surface area contributed by atoms with Crippen molar-refractivity contribution >= 4 is 29.9 Å². The van der Waals surface area contributed by atoms with Crippen LogP contribution in [-0.2, 0) is 19.6 Å². The molecule has 3 aromatic rings. The summed E-state index contributed by atoms with van der Waals surface area (Å²) in [5.41, 5.74) is 3.42. The zero-order chi connectivity index (χ0) is 21.2. The van der Waals surface area contributed by atoms with E-state index in [9.17, 15) is 0 Å². The molecule has 0 unspecified atom stereocenters. The van der Waals surface area contributed by atoms with Crippen molar-refractivity contribution in [3.63, 3.8) is 0 Å². The van der Waals surface area contributed by atoms with Crippen LogP contribution in [0.1, 0.15) is 23.6 Å². The van der Waals surface area contributed by atoms with Gasteiger partial charge in [0.2, 0.25) is 0 Å². The Kier molecular flexibility index (Phi) is 10.2. The fraction of sp³-hybridized carbons (Fsp3) is 0.304. The van der Waals surface area contributed by atoms with Crippen LogP contribution in [0.5, 0.6) is 11.5 Å². The maximum Gasteiger partial charge on any atom is 0.191 e. The maximum absolute atomic E-state index is 5.47.